The molecule has 1 aromatic carbocycles. The second-order valence-electron chi connectivity index (χ2n) is 4.84. The van der Waals surface area contributed by atoms with Gasteiger partial charge in [0.05, 0.1) is 13.2 Å². The summed E-state index contributed by atoms with van der Waals surface area (Å²) in [5.41, 5.74) is 3.69. The van der Waals surface area contributed by atoms with Crippen molar-refractivity contribution in [2.24, 2.45) is 5.92 Å². The first-order valence-corrected chi connectivity index (χ1v) is 6.43. The Morgan fingerprint density at radius 2 is 1.88 bits per heavy atom. The molecule has 0 amide bonds. The van der Waals surface area contributed by atoms with Crippen LogP contribution in [0.25, 0.3) is 0 Å². The third-order valence-corrected chi connectivity index (χ3v) is 3.63. The molecule has 3 heteroatoms. The van der Waals surface area contributed by atoms with Gasteiger partial charge in [0.1, 0.15) is 0 Å². The SMILES string of the molecule is Cc1cc(Cl)c(C)c(C[C@H]2CO[C@@H](C)OC2)c1. The Hall–Kier alpha value is -0.570. The number of hydrogen-bond donors (Lipinski definition) is 0. The van der Waals surface area contributed by atoms with Gasteiger partial charge in [-0.2, -0.15) is 0 Å². The van der Waals surface area contributed by atoms with E-state index in [-0.39, 0.29) is 6.29 Å². The maximum Gasteiger partial charge on any atom is 0.154 e. The smallest absolute Gasteiger partial charge is 0.154 e. The summed E-state index contributed by atoms with van der Waals surface area (Å²) in [5.74, 6) is 0.433. The van der Waals surface area contributed by atoms with Crippen LogP contribution in [0.15, 0.2) is 12.1 Å². The Bertz CT molecular complexity index is 395. The fourth-order valence-corrected chi connectivity index (χ4v) is 2.46. The fraction of sp³-hybridized carbons (Fsp3) is 0.571. The largest absolute Gasteiger partial charge is 0.353 e. The Kier molecular flexibility index (Phi) is 4.08. The fourth-order valence-electron chi connectivity index (χ4n) is 2.17. The quantitative estimate of drug-likeness (QED) is 0.804. The molecule has 0 N–H and O–H groups in total. The lowest BCUT2D eigenvalue weighted by atomic mass is 9.95. The zero-order valence-corrected chi connectivity index (χ0v) is 11.4. The summed E-state index contributed by atoms with van der Waals surface area (Å²) in [6.45, 7) is 7.62. The molecule has 0 saturated carbocycles. The van der Waals surface area contributed by atoms with Crippen LogP contribution in [-0.2, 0) is 15.9 Å². The first-order chi connectivity index (χ1) is 8.06. The van der Waals surface area contributed by atoms with E-state index in [1.807, 2.05) is 13.0 Å². The highest BCUT2D eigenvalue weighted by molar-refractivity contribution is 6.31. The maximum atomic E-state index is 6.20. The van der Waals surface area contributed by atoms with Crippen molar-refractivity contribution in [3.63, 3.8) is 0 Å². The highest BCUT2D eigenvalue weighted by atomic mass is 35.5. The monoisotopic (exact) mass is 254 g/mol. The van der Waals surface area contributed by atoms with E-state index in [9.17, 15) is 0 Å². The highest BCUT2D eigenvalue weighted by Gasteiger charge is 2.20. The maximum absolute atomic E-state index is 6.20. The number of aryl methyl sites for hydroxylation is 1. The van der Waals surface area contributed by atoms with Crippen molar-refractivity contribution in [2.75, 3.05) is 13.2 Å². The van der Waals surface area contributed by atoms with E-state index in [1.165, 1.54) is 16.7 Å². The van der Waals surface area contributed by atoms with E-state index in [4.69, 9.17) is 21.1 Å². The summed E-state index contributed by atoms with van der Waals surface area (Å²) in [4.78, 5) is 0. The molecule has 0 aliphatic carbocycles. The molecular weight excluding hydrogens is 236 g/mol. The van der Waals surface area contributed by atoms with Crippen LogP contribution in [0.1, 0.15) is 23.6 Å². The van der Waals surface area contributed by atoms with Gasteiger partial charge in [0.15, 0.2) is 6.29 Å². The predicted octanol–water partition coefficient (Wildman–Crippen LogP) is 3.51. The highest BCUT2D eigenvalue weighted by Crippen LogP contribution is 2.25. The Morgan fingerprint density at radius 3 is 2.53 bits per heavy atom. The lowest BCUT2D eigenvalue weighted by Crippen LogP contribution is -2.31. The van der Waals surface area contributed by atoms with Crippen molar-refractivity contribution in [1.82, 2.24) is 0 Å². The first kappa shape index (κ1) is 12.9. The minimum Gasteiger partial charge on any atom is -0.353 e. The van der Waals surface area contributed by atoms with Crippen molar-refractivity contribution in [3.05, 3.63) is 33.8 Å². The van der Waals surface area contributed by atoms with E-state index in [2.05, 4.69) is 19.9 Å². The van der Waals surface area contributed by atoms with Gasteiger partial charge in [-0.25, -0.2) is 0 Å². The van der Waals surface area contributed by atoms with Gasteiger partial charge in [0, 0.05) is 10.9 Å². The molecule has 1 fully saturated rings. The van der Waals surface area contributed by atoms with E-state index in [0.29, 0.717) is 5.92 Å². The van der Waals surface area contributed by atoms with Gasteiger partial charge in [-0.3, -0.25) is 0 Å². The van der Waals surface area contributed by atoms with Gasteiger partial charge >= 0.3 is 0 Å². The molecule has 1 aromatic rings. The standard InChI is InChI=1S/C14H19ClO2/c1-9-4-13(10(2)14(15)5-9)6-12-7-16-11(3)17-8-12/h4-5,11-12H,6-8H2,1-3H3/t11-,12+. The third kappa shape index (κ3) is 3.21. The summed E-state index contributed by atoms with van der Waals surface area (Å²) in [6, 6.07) is 4.22. The van der Waals surface area contributed by atoms with Gasteiger partial charge in [-0.1, -0.05) is 17.7 Å². The Morgan fingerprint density at radius 1 is 1.24 bits per heavy atom. The van der Waals surface area contributed by atoms with Gasteiger partial charge in [0.25, 0.3) is 0 Å². The molecule has 0 atom stereocenters. The average Bonchev–Trinajstić information content (AvgIpc) is 2.28. The van der Waals surface area contributed by atoms with Crippen molar-refractivity contribution in [3.8, 4) is 0 Å². The molecular formula is C14H19ClO2. The molecule has 17 heavy (non-hydrogen) atoms. The van der Waals surface area contributed by atoms with Gasteiger partial charge < -0.3 is 9.47 Å². The molecule has 2 rings (SSSR count). The average molecular weight is 255 g/mol. The molecule has 0 radical (unpaired) electrons. The van der Waals surface area contributed by atoms with Crippen LogP contribution in [0.3, 0.4) is 0 Å². The van der Waals surface area contributed by atoms with Crippen LogP contribution in [0.4, 0.5) is 0 Å². The molecule has 1 aliphatic rings. The normalized spacial score (nSPS) is 24.9. The molecule has 1 saturated heterocycles. The molecule has 94 valence electrons. The Balaban J connectivity index is 2.08. The zero-order valence-electron chi connectivity index (χ0n) is 10.6. The second kappa shape index (κ2) is 5.38. The van der Waals surface area contributed by atoms with Crippen molar-refractivity contribution in [2.45, 2.75) is 33.5 Å². The number of rotatable bonds is 2. The predicted molar refractivity (Wildman–Crippen MR) is 69.5 cm³/mol. The summed E-state index contributed by atoms with van der Waals surface area (Å²) in [5, 5.41) is 0.853. The van der Waals surface area contributed by atoms with Gasteiger partial charge in [0.2, 0.25) is 0 Å². The van der Waals surface area contributed by atoms with Crippen LogP contribution >= 0.6 is 11.6 Å². The summed E-state index contributed by atoms with van der Waals surface area (Å²) >= 11 is 6.20. The molecule has 2 nitrogen and oxygen atoms in total. The minimum absolute atomic E-state index is 0.0616. The topological polar surface area (TPSA) is 18.5 Å². The number of benzene rings is 1. The van der Waals surface area contributed by atoms with E-state index in [0.717, 1.165) is 24.7 Å². The van der Waals surface area contributed by atoms with Crippen LogP contribution < -0.4 is 0 Å². The number of hydrogen-bond acceptors (Lipinski definition) is 2. The van der Waals surface area contributed by atoms with Crippen LogP contribution in [-0.4, -0.2) is 19.5 Å². The van der Waals surface area contributed by atoms with Crippen molar-refractivity contribution < 1.29 is 9.47 Å². The molecule has 1 heterocycles. The van der Waals surface area contributed by atoms with Crippen LogP contribution in [0, 0.1) is 19.8 Å². The van der Waals surface area contributed by atoms with Crippen LogP contribution in [0.2, 0.25) is 5.02 Å². The molecule has 1 aliphatic heterocycles. The third-order valence-electron chi connectivity index (χ3n) is 3.24. The lowest BCUT2D eigenvalue weighted by molar-refractivity contribution is -0.189. The van der Waals surface area contributed by atoms with E-state index in [1.54, 1.807) is 0 Å². The molecule has 0 spiro atoms. The minimum atomic E-state index is -0.0616. The van der Waals surface area contributed by atoms with Gasteiger partial charge in [-0.15, -0.1) is 0 Å². The second-order valence-corrected chi connectivity index (χ2v) is 5.24. The van der Waals surface area contributed by atoms with E-state index >= 15 is 0 Å². The molecule has 0 bridgehead atoms. The summed E-state index contributed by atoms with van der Waals surface area (Å²) < 4.78 is 11.0. The molecule has 0 unspecified atom stereocenters. The summed E-state index contributed by atoms with van der Waals surface area (Å²) in [6.07, 6.45) is 0.911. The van der Waals surface area contributed by atoms with Gasteiger partial charge in [-0.05, 0) is 49.9 Å². The molecule has 0 aromatic heterocycles. The number of halogens is 1. The zero-order chi connectivity index (χ0) is 12.4. The first-order valence-electron chi connectivity index (χ1n) is 6.05. The van der Waals surface area contributed by atoms with Crippen molar-refractivity contribution >= 4 is 11.6 Å². The Labute approximate surface area is 108 Å². The number of ether oxygens (including phenoxy) is 2. The van der Waals surface area contributed by atoms with Crippen LogP contribution in [0.5, 0.6) is 0 Å². The lowest BCUT2D eigenvalue weighted by Gasteiger charge is -2.27. The van der Waals surface area contributed by atoms with E-state index < -0.39 is 0 Å². The summed E-state index contributed by atoms with van der Waals surface area (Å²) in [7, 11) is 0. The van der Waals surface area contributed by atoms with Crippen molar-refractivity contribution in [1.29, 1.82) is 0 Å².